The molecule has 110 valence electrons. The lowest BCUT2D eigenvalue weighted by atomic mass is 10.5. The van der Waals surface area contributed by atoms with Crippen LogP contribution in [0.3, 0.4) is 0 Å². The van der Waals surface area contributed by atoms with Crippen molar-refractivity contribution >= 4 is 32.7 Å². The van der Waals surface area contributed by atoms with Crippen LogP contribution in [0.25, 0.3) is 0 Å². The number of thiazole rings is 1. The van der Waals surface area contributed by atoms with E-state index in [0.29, 0.717) is 0 Å². The molecule has 0 spiro atoms. The van der Waals surface area contributed by atoms with Crippen LogP contribution in [0.5, 0.6) is 0 Å². The second-order valence-electron chi connectivity index (χ2n) is 3.82. The Kier molecular flexibility index (Phi) is 4.19. The number of thiophene rings is 1. The van der Waals surface area contributed by atoms with Crippen LogP contribution in [0, 0.1) is 0 Å². The minimum absolute atomic E-state index is 0.0972. The monoisotopic (exact) mass is 342 g/mol. The minimum Gasteiger partial charge on any atom is -0.235 e. The Balaban J connectivity index is 2.16. The van der Waals surface area contributed by atoms with Gasteiger partial charge in [0, 0.05) is 12.4 Å². The van der Waals surface area contributed by atoms with Gasteiger partial charge >= 0.3 is 6.18 Å². The lowest BCUT2D eigenvalue weighted by Crippen LogP contribution is -2.25. The molecule has 0 radical (unpaired) electrons. The molecule has 2 heterocycles. The second kappa shape index (κ2) is 5.43. The first-order valence-corrected chi connectivity index (χ1v) is 8.42. The highest BCUT2D eigenvalue weighted by Crippen LogP contribution is 2.30. The topological polar surface area (TPSA) is 50.3 Å². The van der Waals surface area contributed by atoms with Gasteiger partial charge in [0.15, 0.2) is 5.69 Å². The number of alkyl halides is 3. The van der Waals surface area contributed by atoms with E-state index in [4.69, 9.17) is 0 Å². The van der Waals surface area contributed by atoms with E-state index < -0.39 is 21.9 Å². The number of hydrogen-bond acceptors (Lipinski definition) is 5. The smallest absolute Gasteiger partial charge is 0.235 e. The molecular weight excluding hydrogens is 333 g/mol. The molecule has 0 aromatic carbocycles. The molecular formula is C10H9F3N2O2S3. The maximum Gasteiger partial charge on any atom is 0.434 e. The Hall–Kier alpha value is -0.970. The van der Waals surface area contributed by atoms with Gasteiger partial charge in [0.2, 0.25) is 0 Å². The molecule has 0 N–H and O–H groups in total. The molecule has 0 amide bonds. The molecule has 0 unspecified atom stereocenters. The van der Waals surface area contributed by atoms with Gasteiger partial charge in [-0.05, 0) is 11.4 Å². The van der Waals surface area contributed by atoms with E-state index in [9.17, 15) is 21.6 Å². The van der Waals surface area contributed by atoms with E-state index in [2.05, 4.69) is 4.98 Å². The first-order valence-electron chi connectivity index (χ1n) is 5.22. The zero-order valence-electron chi connectivity index (χ0n) is 10.1. The zero-order chi connectivity index (χ0) is 15.0. The van der Waals surface area contributed by atoms with E-state index in [0.717, 1.165) is 32.4 Å². The highest BCUT2D eigenvalue weighted by molar-refractivity contribution is 7.91. The lowest BCUT2D eigenvalue weighted by Gasteiger charge is -2.14. The van der Waals surface area contributed by atoms with Crippen LogP contribution in [0.15, 0.2) is 27.1 Å². The van der Waals surface area contributed by atoms with Crippen molar-refractivity contribution in [1.29, 1.82) is 0 Å². The van der Waals surface area contributed by atoms with Gasteiger partial charge < -0.3 is 0 Å². The van der Waals surface area contributed by atoms with Crippen LogP contribution >= 0.6 is 22.7 Å². The molecule has 0 saturated carbocycles. The van der Waals surface area contributed by atoms with Crippen molar-refractivity contribution in [2.24, 2.45) is 0 Å². The third-order valence-electron chi connectivity index (χ3n) is 2.36. The summed E-state index contributed by atoms with van der Waals surface area (Å²) in [5.74, 6) is 0. The summed E-state index contributed by atoms with van der Waals surface area (Å²) in [6, 6.07) is 3.04. The van der Waals surface area contributed by atoms with Gasteiger partial charge in [-0.1, -0.05) is 6.07 Å². The molecule has 2 aromatic heterocycles. The molecule has 2 aromatic rings. The van der Waals surface area contributed by atoms with Crippen LogP contribution in [0.1, 0.15) is 10.7 Å². The summed E-state index contributed by atoms with van der Waals surface area (Å²) in [5, 5.41) is 2.59. The fraction of sp³-hybridized carbons (Fsp3) is 0.300. The summed E-state index contributed by atoms with van der Waals surface area (Å²) >= 11 is 1.84. The quantitative estimate of drug-likeness (QED) is 0.858. The van der Waals surface area contributed by atoms with E-state index >= 15 is 0 Å². The highest BCUT2D eigenvalue weighted by atomic mass is 32.2. The van der Waals surface area contributed by atoms with Crippen molar-refractivity contribution in [2.75, 3.05) is 7.05 Å². The summed E-state index contributed by atoms with van der Waals surface area (Å²) in [6.07, 6.45) is -4.51. The summed E-state index contributed by atoms with van der Waals surface area (Å²) in [6.45, 7) is -0.193. The molecule has 0 atom stereocenters. The van der Waals surface area contributed by atoms with Gasteiger partial charge in [-0.25, -0.2) is 13.4 Å². The van der Waals surface area contributed by atoms with Crippen LogP contribution in [-0.4, -0.2) is 24.8 Å². The Morgan fingerprint density at radius 3 is 2.55 bits per heavy atom. The van der Waals surface area contributed by atoms with Crippen molar-refractivity contribution in [3.05, 3.63) is 33.6 Å². The highest BCUT2D eigenvalue weighted by Gasteiger charge is 2.34. The summed E-state index contributed by atoms with van der Waals surface area (Å²) < 4.78 is 62.5. The molecule has 4 nitrogen and oxygen atoms in total. The van der Waals surface area contributed by atoms with Gasteiger partial charge in [0.05, 0.1) is 6.54 Å². The Morgan fingerprint density at radius 2 is 2.05 bits per heavy atom. The fourth-order valence-corrected chi connectivity index (χ4v) is 4.62. The van der Waals surface area contributed by atoms with Crippen LogP contribution in [0.4, 0.5) is 13.2 Å². The molecule has 20 heavy (non-hydrogen) atoms. The predicted octanol–water partition coefficient (Wildman–Crippen LogP) is 3.04. The SMILES string of the molecule is CN(Cc1nc(C(F)(F)F)cs1)S(=O)(=O)c1cccs1. The van der Waals surface area contributed by atoms with Gasteiger partial charge in [-0.3, -0.25) is 0 Å². The summed E-state index contributed by atoms with van der Waals surface area (Å²) in [7, 11) is -2.37. The van der Waals surface area contributed by atoms with Gasteiger partial charge in [0.1, 0.15) is 9.22 Å². The van der Waals surface area contributed by atoms with E-state index in [1.807, 2.05) is 0 Å². The molecule has 0 saturated heterocycles. The Labute approximate surface area is 121 Å². The lowest BCUT2D eigenvalue weighted by molar-refractivity contribution is -0.140. The first kappa shape index (κ1) is 15.4. The molecule has 0 fully saturated rings. The molecule has 0 aliphatic heterocycles. The second-order valence-corrected chi connectivity index (χ2v) is 7.98. The van der Waals surface area contributed by atoms with Crippen molar-refractivity contribution in [3.8, 4) is 0 Å². The number of nitrogens with zero attached hydrogens (tertiary/aromatic N) is 2. The third kappa shape index (κ3) is 3.19. The average Bonchev–Trinajstić information content (AvgIpc) is 2.98. The number of rotatable bonds is 4. The van der Waals surface area contributed by atoms with Crippen LogP contribution in [0.2, 0.25) is 0 Å². The van der Waals surface area contributed by atoms with Crippen molar-refractivity contribution in [1.82, 2.24) is 9.29 Å². The zero-order valence-corrected chi connectivity index (χ0v) is 12.5. The van der Waals surface area contributed by atoms with Gasteiger partial charge in [-0.15, -0.1) is 22.7 Å². The van der Waals surface area contributed by atoms with E-state index in [1.54, 1.807) is 11.4 Å². The third-order valence-corrected chi connectivity index (χ3v) is 6.37. The number of halogens is 3. The number of aromatic nitrogens is 1. The van der Waals surface area contributed by atoms with Crippen LogP contribution in [-0.2, 0) is 22.7 Å². The van der Waals surface area contributed by atoms with Gasteiger partial charge in [-0.2, -0.15) is 17.5 Å². The number of sulfonamides is 1. The molecule has 0 aliphatic carbocycles. The maximum absolute atomic E-state index is 12.4. The Morgan fingerprint density at radius 1 is 1.35 bits per heavy atom. The minimum atomic E-state index is -4.51. The largest absolute Gasteiger partial charge is 0.434 e. The van der Waals surface area contributed by atoms with E-state index in [-0.39, 0.29) is 15.8 Å². The molecule has 0 bridgehead atoms. The normalized spacial score (nSPS) is 13.1. The summed E-state index contributed by atoms with van der Waals surface area (Å²) in [4.78, 5) is 3.41. The summed E-state index contributed by atoms with van der Waals surface area (Å²) in [5.41, 5.74) is -1.00. The first-order chi connectivity index (χ1) is 9.21. The van der Waals surface area contributed by atoms with Crippen molar-refractivity contribution in [2.45, 2.75) is 16.9 Å². The predicted molar refractivity (Wildman–Crippen MR) is 70.1 cm³/mol. The molecule has 0 aliphatic rings. The maximum atomic E-state index is 12.4. The average molecular weight is 342 g/mol. The van der Waals surface area contributed by atoms with Gasteiger partial charge in [0.25, 0.3) is 10.0 Å². The van der Waals surface area contributed by atoms with Crippen LogP contribution < -0.4 is 0 Å². The van der Waals surface area contributed by atoms with E-state index in [1.165, 1.54) is 13.1 Å². The fourth-order valence-electron chi connectivity index (χ4n) is 1.35. The van der Waals surface area contributed by atoms with Crippen molar-refractivity contribution < 1.29 is 21.6 Å². The number of hydrogen-bond donors (Lipinski definition) is 0. The Bertz CT molecular complexity index is 677. The van der Waals surface area contributed by atoms with Crippen molar-refractivity contribution in [3.63, 3.8) is 0 Å². The standard InChI is InChI=1S/C10H9F3N2O2S3/c1-15(20(16,17)9-3-2-4-18-9)5-8-14-7(6-19-8)10(11,12)13/h2-4,6H,5H2,1H3. The molecule has 10 heteroatoms. The molecule has 2 rings (SSSR count).